The highest BCUT2D eigenvalue weighted by atomic mass is 16.6. The second kappa shape index (κ2) is 9.96. The molecule has 1 saturated heterocycles. The van der Waals surface area contributed by atoms with Gasteiger partial charge >= 0.3 is 5.97 Å². The molecule has 0 spiro atoms. The van der Waals surface area contributed by atoms with Crippen LogP contribution in [0, 0.1) is 18.8 Å². The summed E-state index contributed by atoms with van der Waals surface area (Å²) >= 11 is 0. The number of aromatic nitrogens is 2. The molecule has 1 N–H and O–H groups in total. The molecule has 1 aromatic carbocycles. The molecule has 1 aliphatic rings. The third-order valence-corrected chi connectivity index (χ3v) is 6.49. The zero-order chi connectivity index (χ0) is 26.2. The van der Waals surface area contributed by atoms with Crippen molar-refractivity contribution < 1.29 is 9.53 Å². The van der Waals surface area contributed by atoms with Gasteiger partial charge in [0.2, 0.25) is 0 Å². The Morgan fingerprint density at radius 3 is 2.47 bits per heavy atom. The van der Waals surface area contributed by atoms with Crippen LogP contribution in [-0.4, -0.2) is 34.0 Å². The van der Waals surface area contributed by atoms with Crippen LogP contribution in [0.2, 0.25) is 0 Å². The quantitative estimate of drug-likeness (QED) is 0.468. The fraction of sp³-hybridized carbons (Fsp3) is 0.483. The average molecular weight is 491 g/mol. The van der Waals surface area contributed by atoms with Crippen molar-refractivity contribution in [2.45, 2.75) is 66.5 Å². The summed E-state index contributed by atoms with van der Waals surface area (Å²) in [5.41, 5.74) is 2.95. The Balaban J connectivity index is 1.73. The SMILES string of the molecule is Cc1cc([C@@H](C)Nc2ccccc2C(=O)OC(C)(C)C)c2nc(N3C[C@H](C)C[C@H](C)C3)cc(=O)n2c1. The van der Waals surface area contributed by atoms with Gasteiger partial charge in [-0.25, -0.2) is 9.78 Å². The van der Waals surface area contributed by atoms with Crippen LogP contribution in [0.5, 0.6) is 0 Å². The number of aryl methyl sites for hydroxylation is 1. The molecule has 3 aromatic rings. The van der Waals surface area contributed by atoms with E-state index in [0.29, 0.717) is 28.7 Å². The Hall–Kier alpha value is -3.35. The summed E-state index contributed by atoms with van der Waals surface area (Å²) in [6.45, 7) is 15.8. The van der Waals surface area contributed by atoms with Gasteiger partial charge in [0.1, 0.15) is 17.1 Å². The van der Waals surface area contributed by atoms with Crippen molar-refractivity contribution in [3.8, 4) is 0 Å². The minimum atomic E-state index is -0.590. The van der Waals surface area contributed by atoms with E-state index in [9.17, 15) is 9.59 Å². The molecule has 0 unspecified atom stereocenters. The Labute approximate surface area is 213 Å². The Morgan fingerprint density at radius 2 is 1.81 bits per heavy atom. The largest absolute Gasteiger partial charge is 0.456 e. The highest BCUT2D eigenvalue weighted by molar-refractivity contribution is 5.96. The average Bonchev–Trinajstić information content (AvgIpc) is 2.77. The van der Waals surface area contributed by atoms with Gasteiger partial charge in [-0.2, -0.15) is 0 Å². The normalized spacial score (nSPS) is 19.2. The highest BCUT2D eigenvalue weighted by Crippen LogP contribution is 2.29. The minimum Gasteiger partial charge on any atom is -0.456 e. The van der Waals surface area contributed by atoms with Gasteiger partial charge < -0.3 is 15.0 Å². The molecule has 1 fully saturated rings. The molecule has 192 valence electrons. The van der Waals surface area contributed by atoms with E-state index in [-0.39, 0.29) is 17.6 Å². The first kappa shape index (κ1) is 25.7. The molecule has 0 amide bonds. The van der Waals surface area contributed by atoms with Crippen LogP contribution in [0.25, 0.3) is 5.65 Å². The van der Waals surface area contributed by atoms with Crippen LogP contribution in [0.15, 0.2) is 47.4 Å². The van der Waals surface area contributed by atoms with E-state index in [4.69, 9.17) is 9.72 Å². The predicted molar refractivity (Wildman–Crippen MR) is 145 cm³/mol. The van der Waals surface area contributed by atoms with E-state index in [1.54, 1.807) is 16.5 Å². The van der Waals surface area contributed by atoms with Gasteiger partial charge in [0.15, 0.2) is 0 Å². The van der Waals surface area contributed by atoms with Crippen LogP contribution in [0.4, 0.5) is 11.5 Å². The predicted octanol–water partition coefficient (Wildman–Crippen LogP) is 5.61. The second-order valence-electron chi connectivity index (χ2n) is 11.4. The lowest BCUT2D eigenvalue weighted by molar-refractivity contribution is 0.00706. The lowest BCUT2D eigenvalue weighted by Gasteiger charge is -2.35. The van der Waals surface area contributed by atoms with Crippen LogP contribution in [0.3, 0.4) is 0 Å². The highest BCUT2D eigenvalue weighted by Gasteiger charge is 2.25. The van der Waals surface area contributed by atoms with E-state index in [1.807, 2.05) is 59.0 Å². The number of ether oxygens (including phenoxy) is 1. The van der Waals surface area contributed by atoms with E-state index < -0.39 is 5.60 Å². The van der Waals surface area contributed by atoms with Gasteiger partial charge in [-0.3, -0.25) is 9.20 Å². The van der Waals surface area contributed by atoms with Crippen molar-refractivity contribution in [1.82, 2.24) is 9.38 Å². The molecular formula is C29H38N4O3. The Morgan fingerprint density at radius 1 is 1.14 bits per heavy atom. The summed E-state index contributed by atoms with van der Waals surface area (Å²) in [5.74, 6) is 1.45. The fourth-order valence-electron chi connectivity index (χ4n) is 5.12. The second-order valence-corrected chi connectivity index (χ2v) is 11.4. The molecule has 2 aromatic heterocycles. The van der Waals surface area contributed by atoms with Crippen molar-refractivity contribution in [3.63, 3.8) is 0 Å². The summed E-state index contributed by atoms with van der Waals surface area (Å²) in [6.07, 6.45) is 3.02. The summed E-state index contributed by atoms with van der Waals surface area (Å²) in [5, 5.41) is 3.48. The monoisotopic (exact) mass is 490 g/mol. The first-order valence-electron chi connectivity index (χ1n) is 12.8. The molecule has 0 radical (unpaired) electrons. The number of pyridine rings is 1. The number of esters is 1. The number of nitrogens with zero attached hydrogens (tertiary/aromatic N) is 3. The van der Waals surface area contributed by atoms with Crippen LogP contribution < -0.4 is 15.8 Å². The van der Waals surface area contributed by atoms with Gasteiger partial charge in [0.25, 0.3) is 5.56 Å². The maximum Gasteiger partial charge on any atom is 0.340 e. The number of hydrogen-bond donors (Lipinski definition) is 1. The topological polar surface area (TPSA) is 75.9 Å². The van der Waals surface area contributed by atoms with E-state index >= 15 is 0 Å². The molecule has 0 aliphatic carbocycles. The first-order valence-corrected chi connectivity index (χ1v) is 12.8. The van der Waals surface area contributed by atoms with E-state index in [1.165, 1.54) is 6.42 Å². The minimum absolute atomic E-state index is 0.0906. The third-order valence-electron chi connectivity index (χ3n) is 6.49. The lowest BCUT2D eigenvalue weighted by Crippen LogP contribution is -2.40. The maximum absolute atomic E-state index is 13.2. The number of piperidine rings is 1. The van der Waals surface area contributed by atoms with Crippen molar-refractivity contribution in [3.05, 3.63) is 69.6 Å². The van der Waals surface area contributed by atoms with Crippen molar-refractivity contribution in [2.75, 3.05) is 23.3 Å². The Kier molecular flexibility index (Phi) is 7.12. The van der Waals surface area contributed by atoms with Crippen LogP contribution in [-0.2, 0) is 4.74 Å². The Bertz CT molecular complexity index is 1310. The van der Waals surface area contributed by atoms with Gasteiger partial charge in [-0.1, -0.05) is 26.0 Å². The number of fused-ring (bicyclic) bond motifs is 1. The van der Waals surface area contributed by atoms with E-state index in [0.717, 1.165) is 30.0 Å². The number of nitrogens with one attached hydrogen (secondary N) is 1. The number of anilines is 2. The zero-order valence-corrected chi connectivity index (χ0v) is 22.5. The summed E-state index contributed by atoms with van der Waals surface area (Å²) < 4.78 is 7.24. The fourth-order valence-corrected chi connectivity index (χ4v) is 5.12. The van der Waals surface area contributed by atoms with Crippen molar-refractivity contribution in [2.24, 2.45) is 11.8 Å². The van der Waals surface area contributed by atoms with Crippen molar-refractivity contribution >= 4 is 23.1 Å². The molecule has 1 aliphatic heterocycles. The lowest BCUT2D eigenvalue weighted by atomic mass is 9.92. The molecule has 7 nitrogen and oxygen atoms in total. The van der Waals surface area contributed by atoms with Crippen molar-refractivity contribution in [1.29, 1.82) is 0 Å². The number of carbonyl (C=O) groups excluding carboxylic acids is 1. The van der Waals surface area contributed by atoms with Crippen LogP contribution in [0.1, 0.15) is 75.5 Å². The zero-order valence-electron chi connectivity index (χ0n) is 22.5. The molecule has 4 rings (SSSR count). The smallest absolute Gasteiger partial charge is 0.340 e. The number of rotatable bonds is 5. The van der Waals surface area contributed by atoms with Gasteiger partial charge in [-0.15, -0.1) is 0 Å². The van der Waals surface area contributed by atoms with Gasteiger partial charge in [0, 0.05) is 36.6 Å². The molecule has 0 bridgehead atoms. The van der Waals surface area contributed by atoms with E-state index in [2.05, 4.69) is 30.1 Å². The first-order chi connectivity index (χ1) is 16.9. The summed E-state index contributed by atoms with van der Waals surface area (Å²) in [4.78, 5) is 33.3. The maximum atomic E-state index is 13.2. The third kappa shape index (κ3) is 5.72. The van der Waals surface area contributed by atoms with Crippen LogP contribution >= 0.6 is 0 Å². The summed E-state index contributed by atoms with van der Waals surface area (Å²) in [6, 6.07) is 10.8. The molecule has 0 saturated carbocycles. The number of para-hydroxylation sites is 1. The standard InChI is InChI=1S/C29H38N4O3/c1-18-12-19(2)16-32(15-18)25-14-26(34)33-17-20(3)13-23(27(33)31-25)21(4)30-24-11-9-8-10-22(24)28(35)36-29(5,6)7/h8-11,13-14,17-19,21,30H,12,15-16H2,1-7H3/t18-,19+,21-/m1/s1. The molecule has 3 heterocycles. The molecular weight excluding hydrogens is 452 g/mol. The number of carbonyl (C=O) groups is 1. The van der Waals surface area contributed by atoms with Gasteiger partial charge in [-0.05, 0) is 76.6 Å². The molecule has 3 atom stereocenters. The number of benzene rings is 1. The molecule has 36 heavy (non-hydrogen) atoms. The number of hydrogen-bond acceptors (Lipinski definition) is 6. The molecule has 7 heteroatoms. The van der Waals surface area contributed by atoms with Gasteiger partial charge in [0.05, 0.1) is 11.6 Å². The summed E-state index contributed by atoms with van der Waals surface area (Å²) in [7, 11) is 0.